The summed E-state index contributed by atoms with van der Waals surface area (Å²) < 4.78 is 8.95. The first kappa shape index (κ1) is 23.1. The maximum Gasteiger partial charge on any atom is 0.236 e. The number of aromatic nitrogens is 5. The number of benzene rings is 1. The van der Waals surface area contributed by atoms with Crippen molar-refractivity contribution in [2.45, 2.75) is 19.0 Å². The third-order valence-corrected chi connectivity index (χ3v) is 6.54. The SMILES string of the molecule is COc1ccc(-n2c(C)c(C)c(C#N)c2NC(=O)CSc2nnc(-c3ccncc3)n2C)cc1. The van der Waals surface area contributed by atoms with Gasteiger partial charge in [-0.25, -0.2) is 0 Å². The summed E-state index contributed by atoms with van der Waals surface area (Å²) in [6.07, 6.45) is 3.39. The molecule has 3 aromatic heterocycles. The second-order valence-electron chi connectivity index (χ2n) is 7.52. The van der Waals surface area contributed by atoms with E-state index in [4.69, 9.17) is 4.74 Å². The fourth-order valence-electron chi connectivity index (χ4n) is 3.61. The molecule has 0 aliphatic rings. The Balaban J connectivity index is 1.55. The number of amides is 1. The average Bonchev–Trinajstić information content (AvgIpc) is 3.34. The first-order valence-corrected chi connectivity index (χ1v) is 11.4. The zero-order valence-electron chi connectivity index (χ0n) is 19.2. The van der Waals surface area contributed by atoms with Gasteiger partial charge in [0.25, 0.3) is 0 Å². The van der Waals surface area contributed by atoms with Crippen LogP contribution in [0.25, 0.3) is 17.1 Å². The third kappa shape index (κ3) is 4.38. The molecule has 10 heteroatoms. The van der Waals surface area contributed by atoms with Gasteiger partial charge in [-0.05, 0) is 55.8 Å². The molecule has 0 aliphatic heterocycles. The van der Waals surface area contributed by atoms with Gasteiger partial charge in [0.05, 0.1) is 18.4 Å². The van der Waals surface area contributed by atoms with Crippen LogP contribution in [0.5, 0.6) is 5.75 Å². The number of carbonyl (C=O) groups excluding carboxylic acids is 1. The zero-order valence-corrected chi connectivity index (χ0v) is 20.1. The number of methoxy groups -OCH3 is 1. The highest BCUT2D eigenvalue weighted by molar-refractivity contribution is 7.99. The molecule has 0 bridgehead atoms. The molecule has 4 aromatic rings. The summed E-state index contributed by atoms with van der Waals surface area (Å²) in [6, 6.07) is 13.4. The molecule has 1 N–H and O–H groups in total. The van der Waals surface area contributed by atoms with Gasteiger partial charge in [-0.3, -0.25) is 14.3 Å². The molecule has 1 amide bonds. The van der Waals surface area contributed by atoms with E-state index in [1.807, 2.05) is 66.4 Å². The summed E-state index contributed by atoms with van der Waals surface area (Å²) in [5, 5.41) is 21.8. The van der Waals surface area contributed by atoms with E-state index < -0.39 is 0 Å². The highest BCUT2D eigenvalue weighted by atomic mass is 32.2. The van der Waals surface area contributed by atoms with E-state index in [0.29, 0.717) is 22.4 Å². The number of carbonyl (C=O) groups is 1. The molecule has 0 unspecified atom stereocenters. The average molecular weight is 474 g/mol. The van der Waals surface area contributed by atoms with Crippen LogP contribution < -0.4 is 10.1 Å². The molecular formula is C24H23N7O2S. The van der Waals surface area contributed by atoms with Crippen molar-refractivity contribution >= 4 is 23.5 Å². The first-order valence-electron chi connectivity index (χ1n) is 10.4. The molecule has 172 valence electrons. The van der Waals surface area contributed by atoms with E-state index in [1.165, 1.54) is 11.8 Å². The molecule has 9 nitrogen and oxygen atoms in total. The Bertz CT molecular complexity index is 1370. The number of nitriles is 1. The normalized spacial score (nSPS) is 10.7. The lowest BCUT2D eigenvalue weighted by Crippen LogP contribution is -2.18. The van der Waals surface area contributed by atoms with Crippen molar-refractivity contribution in [2.24, 2.45) is 7.05 Å². The van der Waals surface area contributed by atoms with E-state index in [1.54, 1.807) is 19.5 Å². The van der Waals surface area contributed by atoms with Crippen LogP contribution >= 0.6 is 11.8 Å². The number of rotatable bonds is 7. The van der Waals surface area contributed by atoms with Crippen molar-refractivity contribution in [1.29, 1.82) is 5.26 Å². The summed E-state index contributed by atoms with van der Waals surface area (Å²) >= 11 is 1.27. The Morgan fingerprint density at radius 1 is 1.15 bits per heavy atom. The number of pyridine rings is 1. The first-order chi connectivity index (χ1) is 16.4. The van der Waals surface area contributed by atoms with E-state index in [0.717, 1.165) is 28.3 Å². The minimum absolute atomic E-state index is 0.110. The maximum atomic E-state index is 12.9. The lowest BCUT2D eigenvalue weighted by molar-refractivity contribution is -0.113. The van der Waals surface area contributed by atoms with Crippen molar-refractivity contribution in [1.82, 2.24) is 24.3 Å². The van der Waals surface area contributed by atoms with Gasteiger partial charge in [-0.15, -0.1) is 10.2 Å². The Morgan fingerprint density at radius 3 is 2.50 bits per heavy atom. The predicted molar refractivity (Wildman–Crippen MR) is 130 cm³/mol. The number of hydrogen-bond acceptors (Lipinski definition) is 7. The minimum Gasteiger partial charge on any atom is -0.497 e. The van der Waals surface area contributed by atoms with Crippen LogP contribution in [0.4, 0.5) is 5.82 Å². The van der Waals surface area contributed by atoms with Crippen LogP contribution in [0.15, 0.2) is 53.9 Å². The lowest BCUT2D eigenvalue weighted by atomic mass is 10.2. The number of hydrogen-bond donors (Lipinski definition) is 1. The molecule has 3 heterocycles. The van der Waals surface area contributed by atoms with Crippen LogP contribution in [0.1, 0.15) is 16.8 Å². The highest BCUT2D eigenvalue weighted by Gasteiger charge is 2.21. The van der Waals surface area contributed by atoms with Crippen molar-refractivity contribution < 1.29 is 9.53 Å². The number of nitrogens with zero attached hydrogens (tertiary/aromatic N) is 6. The Labute approximate surface area is 201 Å². The predicted octanol–water partition coefficient (Wildman–Crippen LogP) is 3.90. The summed E-state index contributed by atoms with van der Waals surface area (Å²) in [5.41, 5.74) is 3.84. The summed E-state index contributed by atoms with van der Waals surface area (Å²) in [6.45, 7) is 3.80. The molecule has 4 rings (SSSR count). The van der Waals surface area contributed by atoms with E-state index >= 15 is 0 Å². The van der Waals surface area contributed by atoms with E-state index in [2.05, 4.69) is 26.6 Å². The fraction of sp³-hybridized carbons (Fsp3) is 0.208. The second kappa shape index (κ2) is 9.80. The van der Waals surface area contributed by atoms with Gasteiger partial charge in [0.1, 0.15) is 17.6 Å². The Hall–Kier alpha value is -4.10. The quantitative estimate of drug-likeness (QED) is 0.405. The van der Waals surface area contributed by atoms with Crippen LogP contribution in [0.3, 0.4) is 0 Å². The van der Waals surface area contributed by atoms with Crippen molar-refractivity contribution in [2.75, 3.05) is 18.2 Å². The second-order valence-corrected chi connectivity index (χ2v) is 8.46. The monoisotopic (exact) mass is 473 g/mol. The van der Waals surface area contributed by atoms with Crippen LogP contribution in [0, 0.1) is 25.2 Å². The van der Waals surface area contributed by atoms with Gasteiger partial charge < -0.3 is 14.6 Å². The van der Waals surface area contributed by atoms with Gasteiger partial charge in [0, 0.05) is 36.4 Å². The van der Waals surface area contributed by atoms with Gasteiger partial charge in [-0.1, -0.05) is 11.8 Å². The van der Waals surface area contributed by atoms with E-state index in [9.17, 15) is 10.1 Å². The Morgan fingerprint density at radius 2 is 1.85 bits per heavy atom. The van der Waals surface area contributed by atoms with Crippen molar-refractivity contribution in [3.05, 3.63) is 65.6 Å². The van der Waals surface area contributed by atoms with Gasteiger partial charge in [-0.2, -0.15) is 5.26 Å². The van der Waals surface area contributed by atoms with Crippen LogP contribution in [-0.2, 0) is 11.8 Å². The maximum absolute atomic E-state index is 12.9. The molecule has 0 radical (unpaired) electrons. The van der Waals surface area contributed by atoms with Crippen LogP contribution in [0.2, 0.25) is 0 Å². The smallest absolute Gasteiger partial charge is 0.236 e. The number of nitrogens with one attached hydrogen (secondary N) is 1. The number of anilines is 1. The van der Waals surface area contributed by atoms with Crippen molar-refractivity contribution in [3.63, 3.8) is 0 Å². The third-order valence-electron chi connectivity index (χ3n) is 5.52. The minimum atomic E-state index is -0.248. The standard InChI is InChI=1S/C24H23N7O2S/c1-15-16(2)31(18-5-7-19(33-4)8-6-18)23(20(15)13-25)27-21(32)14-34-24-29-28-22(30(24)3)17-9-11-26-12-10-17/h5-12H,14H2,1-4H3,(H,27,32). The molecule has 0 atom stereocenters. The topological polar surface area (TPSA) is 111 Å². The largest absolute Gasteiger partial charge is 0.497 e. The Kier molecular flexibility index (Phi) is 6.65. The van der Waals surface area contributed by atoms with Crippen LogP contribution in [-0.4, -0.2) is 43.1 Å². The van der Waals surface area contributed by atoms with Gasteiger partial charge in [0.15, 0.2) is 11.0 Å². The molecule has 0 saturated heterocycles. The highest BCUT2D eigenvalue weighted by Crippen LogP contribution is 2.31. The molecule has 0 saturated carbocycles. The van der Waals surface area contributed by atoms with E-state index in [-0.39, 0.29) is 11.7 Å². The lowest BCUT2D eigenvalue weighted by Gasteiger charge is -2.13. The van der Waals surface area contributed by atoms with Crippen molar-refractivity contribution in [3.8, 4) is 28.9 Å². The summed E-state index contributed by atoms with van der Waals surface area (Å²) in [4.78, 5) is 16.9. The zero-order chi connectivity index (χ0) is 24.2. The summed E-state index contributed by atoms with van der Waals surface area (Å²) in [5.74, 6) is 1.73. The molecular weight excluding hydrogens is 450 g/mol. The molecule has 0 spiro atoms. The summed E-state index contributed by atoms with van der Waals surface area (Å²) in [7, 11) is 3.46. The van der Waals surface area contributed by atoms with Gasteiger partial charge >= 0.3 is 0 Å². The van der Waals surface area contributed by atoms with Gasteiger partial charge in [0.2, 0.25) is 5.91 Å². The number of thioether (sulfide) groups is 1. The molecule has 1 aromatic carbocycles. The number of ether oxygens (including phenoxy) is 1. The molecule has 0 aliphatic carbocycles. The molecule has 0 fully saturated rings. The fourth-order valence-corrected chi connectivity index (χ4v) is 4.32. The molecule has 34 heavy (non-hydrogen) atoms.